The quantitative estimate of drug-likeness (QED) is 0.893. The maximum atomic E-state index is 13.8. The second-order valence-electron chi connectivity index (χ2n) is 5.68. The van der Waals surface area contributed by atoms with E-state index in [1.807, 2.05) is 31.2 Å². The van der Waals surface area contributed by atoms with Gasteiger partial charge in [-0.1, -0.05) is 30.3 Å². The molecule has 0 bridgehead atoms. The van der Waals surface area contributed by atoms with Crippen LogP contribution in [0.3, 0.4) is 0 Å². The molecule has 1 aliphatic carbocycles. The Kier molecular flexibility index (Phi) is 3.82. The average Bonchev–Trinajstić information content (AvgIpc) is 2.45. The van der Waals surface area contributed by atoms with Gasteiger partial charge in [0.15, 0.2) is 0 Å². The molecule has 0 aromatic heterocycles. The van der Waals surface area contributed by atoms with Crippen molar-refractivity contribution in [3.05, 3.63) is 59.4 Å². The fourth-order valence-corrected chi connectivity index (χ4v) is 3.01. The number of hydrogen-bond donors (Lipinski definition) is 1. The maximum absolute atomic E-state index is 13.8. The second-order valence-corrected chi connectivity index (χ2v) is 5.68. The Morgan fingerprint density at radius 1 is 1.10 bits per heavy atom. The van der Waals surface area contributed by atoms with Gasteiger partial charge in [0.25, 0.3) is 0 Å². The molecule has 0 radical (unpaired) electrons. The Morgan fingerprint density at radius 2 is 1.86 bits per heavy atom. The Labute approximate surface area is 125 Å². The van der Waals surface area contributed by atoms with Crippen molar-refractivity contribution in [1.29, 1.82) is 0 Å². The zero-order chi connectivity index (χ0) is 14.8. The van der Waals surface area contributed by atoms with E-state index in [0.717, 1.165) is 24.2 Å². The molecule has 21 heavy (non-hydrogen) atoms. The molecule has 1 N–H and O–H groups in total. The molecular weight excluding hydrogens is 265 g/mol. The van der Waals surface area contributed by atoms with Crippen molar-refractivity contribution >= 4 is 5.69 Å². The molecule has 2 aromatic rings. The minimum absolute atomic E-state index is 0.171. The van der Waals surface area contributed by atoms with Crippen molar-refractivity contribution < 1.29 is 9.13 Å². The van der Waals surface area contributed by atoms with E-state index in [9.17, 15) is 4.39 Å². The van der Waals surface area contributed by atoms with Gasteiger partial charge in [0.05, 0.1) is 12.8 Å². The Morgan fingerprint density at radius 3 is 2.57 bits per heavy atom. The smallest absolute Gasteiger partial charge is 0.146 e. The molecule has 3 rings (SSSR count). The molecule has 0 atom stereocenters. The number of methoxy groups -OCH3 is 1. The van der Waals surface area contributed by atoms with Gasteiger partial charge in [0.2, 0.25) is 0 Å². The summed E-state index contributed by atoms with van der Waals surface area (Å²) in [5.41, 5.74) is 2.85. The average molecular weight is 285 g/mol. The minimum atomic E-state index is -0.171. The van der Waals surface area contributed by atoms with Crippen LogP contribution in [0.25, 0.3) is 0 Å². The van der Waals surface area contributed by atoms with Crippen LogP contribution in [-0.4, -0.2) is 13.2 Å². The molecule has 3 heteroatoms. The maximum Gasteiger partial charge on any atom is 0.146 e. The Hall–Kier alpha value is -2.03. The van der Waals surface area contributed by atoms with E-state index < -0.39 is 0 Å². The van der Waals surface area contributed by atoms with Crippen molar-refractivity contribution in [1.82, 2.24) is 0 Å². The predicted octanol–water partition coefficient (Wildman–Crippen LogP) is 4.50. The van der Waals surface area contributed by atoms with Crippen LogP contribution in [0.5, 0.6) is 5.75 Å². The van der Waals surface area contributed by atoms with Crippen LogP contribution in [0.15, 0.2) is 42.5 Å². The van der Waals surface area contributed by atoms with Gasteiger partial charge in [-0.05, 0) is 48.9 Å². The molecule has 2 nitrogen and oxygen atoms in total. The molecule has 1 aliphatic rings. The van der Waals surface area contributed by atoms with E-state index in [4.69, 9.17) is 4.74 Å². The number of benzene rings is 2. The number of hydrogen-bond acceptors (Lipinski definition) is 2. The summed E-state index contributed by atoms with van der Waals surface area (Å²) in [4.78, 5) is 0. The molecule has 0 saturated heterocycles. The monoisotopic (exact) mass is 285 g/mol. The van der Waals surface area contributed by atoms with Gasteiger partial charge < -0.3 is 10.1 Å². The van der Waals surface area contributed by atoms with Crippen molar-refractivity contribution in [2.24, 2.45) is 0 Å². The van der Waals surface area contributed by atoms with Crippen LogP contribution in [0, 0.1) is 12.7 Å². The zero-order valence-electron chi connectivity index (χ0n) is 12.4. The van der Waals surface area contributed by atoms with Gasteiger partial charge in [-0.3, -0.25) is 0 Å². The minimum Gasteiger partial charge on any atom is -0.496 e. The highest BCUT2D eigenvalue weighted by molar-refractivity contribution is 5.53. The number of nitrogens with one attached hydrogen (secondary N) is 1. The zero-order valence-corrected chi connectivity index (χ0v) is 12.4. The summed E-state index contributed by atoms with van der Waals surface area (Å²) in [7, 11) is 1.70. The van der Waals surface area contributed by atoms with Crippen molar-refractivity contribution in [2.45, 2.75) is 31.7 Å². The topological polar surface area (TPSA) is 21.3 Å². The lowest BCUT2D eigenvalue weighted by Gasteiger charge is -2.37. The van der Waals surface area contributed by atoms with Gasteiger partial charge in [0, 0.05) is 6.04 Å². The van der Waals surface area contributed by atoms with Crippen LogP contribution in [-0.2, 0) is 0 Å². The summed E-state index contributed by atoms with van der Waals surface area (Å²) < 4.78 is 19.2. The number of halogens is 1. The van der Waals surface area contributed by atoms with Gasteiger partial charge >= 0.3 is 0 Å². The van der Waals surface area contributed by atoms with Crippen molar-refractivity contribution in [3.8, 4) is 5.75 Å². The van der Waals surface area contributed by atoms with Crippen molar-refractivity contribution in [3.63, 3.8) is 0 Å². The lowest BCUT2D eigenvalue weighted by molar-refractivity contribution is 0.349. The summed E-state index contributed by atoms with van der Waals surface area (Å²) in [5.74, 6) is 1.27. The number of rotatable bonds is 4. The van der Waals surface area contributed by atoms with Gasteiger partial charge in [-0.2, -0.15) is 0 Å². The molecule has 1 saturated carbocycles. The first kappa shape index (κ1) is 13.9. The predicted molar refractivity (Wildman–Crippen MR) is 83.5 cm³/mol. The van der Waals surface area contributed by atoms with Crippen LogP contribution in [0.2, 0.25) is 0 Å². The molecule has 0 heterocycles. The van der Waals surface area contributed by atoms with Gasteiger partial charge in [-0.25, -0.2) is 4.39 Å². The fourth-order valence-electron chi connectivity index (χ4n) is 3.01. The molecule has 1 fully saturated rings. The molecular formula is C18H20FNO. The van der Waals surface area contributed by atoms with Crippen LogP contribution < -0.4 is 10.1 Å². The van der Waals surface area contributed by atoms with E-state index in [1.165, 1.54) is 11.6 Å². The third-order valence-electron chi connectivity index (χ3n) is 4.29. The summed E-state index contributed by atoms with van der Waals surface area (Å²) in [6, 6.07) is 13.7. The van der Waals surface area contributed by atoms with Gasteiger partial charge in [-0.15, -0.1) is 0 Å². The Balaban J connectivity index is 1.66. The number of ether oxygens (including phenoxy) is 1. The number of anilines is 1. The molecule has 0 unspecified atom stereocenters. The first-order valence-corrected chi connectivity index (χ1v) is 7.33. The van der Waals surface area contributed by atoms with E-state index in [-0.39, 0.29) is 5.82 Å². The van der Waals surface area contributed by atoms with Crippen LogP contribution in [0.1, 0.15) is 29.9 Å². The molecule has 0 amide bonds. The van der Waals surface area contributed by atoms with Crippen LogP contribution in [0.4, 0.5) is 10.1 Å². The first-order chi connectivity index (χ1) is 10.2. The molecule has 0 spiro atoms. The highest BCUT2D eigenvalue weighted by atomic mass is 19.1. The standard InChI is InChI=1S/C18H20FNO/c1-12-6-5-8-16(19)18(12)20-14-10-13(11-14)15-7-3-4-9-17(15)21-2/h3-9,13-14,20H,10-11H2,1-2H3. The van der Waals surface area contributed by atoms with Crippen molar-refractivity contribution in [2.75, 3.05) is 12.4 Å². The lowest BCUT2D eigenvalue weighted by atomic mass is 9.75. The first-order valence-electron chi connectivity index (χ1n) is 7.33. The highest BCUT2D eigenvalue weighted by Crippen LogP contribution is 2.42. The Bertz CT molecular complexity index is 615. The van der Waals surface area contributed by atoms with Gasteiger partial charge in [0.1, 0.15) is 11.6 Å². The third-order valence-corrected chi connectivity index (χ3v) is 4.29. The normalized spacial score (nSPS) is 20.7. The van der Waals surface area contributed by atoms with E-state index in [0.29, 0.717) is 17.6 Å². The van der Waals surface area contributed by atoms with E-state index >= 15 is 0 Å². The van der Waals surface area contributed by atoms with E-state index in [2.05, 4.69) is 11.4 Å². The highest BCUT2D eigenvalue weighted by Gasteiger charge is 2.32. The fraction of sp³-hybridized carbons (Fsp3) is 0.333. The summed E-state index contributed by atoms with van der Waals surface area (Å²) in [5, 5.41) is 3.34. The summed E-state index contributed by atoms with van der Waals surface area (Å²) in [6.07, 6.45) is 2.02. The summed E-state index contributed by atoms with van der Waals surface area (Å²) in [6.45, 7) is 1.93. The van der Waals surface area contributed by atoms with E-state index in [1.54, 1.807) is 13.2 Å². The van der Waals surface area contributed by atoms with Crippen LogP contribution >= 0.6 is 0 Å². The number of aryl methyl sites for hydroxylation is 1. The second kappa shape index (κ2) is 5.76. The number of para-hydroxylation sites is 2. The SMILES string of the molecule is COc1ccccc1C1CC(Nc2c(C)cccc2F)C1. The largest absolute Gasteiger partial charge is 0.496 e. The molecule has 0 aliphatic heterocycles. The third kappa shape index (κ3) is 2.73. The summed E-state index contributed by atoms with van der Waals surface area (Å²) >= 11 is 0. The lowest BCUT2D eigenvalue weighted by Crippen LogP contribution is -2.34. The molecule has 2 aromatic carbocycles. The molecule has 110 valence electrons.